The van der Waals surface area contributed by atoms with Crippen molar-refractivity contribution < 1.29 is 4.79 Å². The fraction of sp³-hybridized carbons (Fsp3) is 0.500. The molecule has 0 atom stereocenters. The normalized spacial score (nSPS) is 14.2. The lowest BCUT2D eigenvalue weighted by Crippen LogP contribution is -2.30. The first kappa shape index (κ1) is 15.9. The van der Waals surface area contributed by atoms with Crippen LogP contribution in [0.2, 0.25) is 0 Å². The van der Waals surface area contributed by atoms with Crippen LogP contribution in [0.15, 0.2) is 24.3 Å². The number of anilines is 1. The van der Waals surface area contributed by atoms with Crippen LogP contribution < -0.4 is 11.1 Å². The minimum Gasteiger partial charge on any atom is -0.389 e. The molecule has 0 heterocycles. The average Bonchev–Trinajstić information content (AvgIpc) is 3.28. The molecule has 0 spiro atoms. The molecule has 1 aliphatic rings. The van der Waals surface area contributed by atoms with Gasteiger partial charge in [-0.25, -0.2) is 0 Å². The Hall–Kier alpha value is -1.46. The van der Waals surface area contributed by atoms with Gasteiger partial charge in [-0.2, -0.15) is 0 Å². The van der Waals surface area contributed by atoms with Crippen molar-refractivity contribution in [1.29, 1.82) is 0 Å². The van der Waals surface area contributed by atoms with Gasteiger partial charge in [0, 0.05) is 30.3 Å². The number of nitrogens with two attached hydrogens (primary N) is 1. The maximum Gasteiger partial charge on any atom is 0.225 e. The van der Waals surface area contributed by atoms with E-state index >= 15 is 0 Å². The summed E-state index contributed by atoms with van der Waals surface area (Å²) >= 11 is 4.94. The molecule has 1 amide bonds. The molecule has 4 nitrogen and oxygen atoms in total. The van der Waals surface area contributed by atoms with E-state index in [0.29, 0.717) is 17.5 Å². The molecule has 0 bridgehead atoms. The molecule has 0 unspecified atom stereocenters. The van der Waals surface area contributed by atoms with Crippen molar-refractivity contribution in [3.05, 3.63) is 29.8 Å². The van der Waals surface area contributed by atoms with Crippen molar-refractivity contribution in [3.63, 3.8) is 0 Å². The first-order valence-electron chi connectivity index (χ1n) is 7.54. The summed E-state index contributed by atoms with van der Waals surface area (Å²) < 4.78 is 0. The summed E-state index contributed by atoms with van der Waals surface area (Å²) in [5.74, 6) is 0.0387. The van der Waals surface area contributed by atoms with E-state index in [2.05, 4.69) is 17.1 Å². The fourth-order valence-electron chi connectivity index (χ4n) is 2.42. The number of benzene rings is 1. The van der Waals surface area contributed by atoms with Crippen LogP contribution in [0.4, 0.5) is 5.69 Å². The van der Waals surface area contributed by atoms with Crippen molar-refractivity contribution in [2.24, 2.45) is 5.73 Å². The summed E-state index contributed by atoms with van der Waals surface area (Å²) in [6, 6.07) is 8.05. The Morgan fingerprint density at radius 1 is 1.43 bits per heavy atom. The van der Waals surface area contributed by atoms with E-state index in [-0.39, 0.29) is 5.91 Å². The van der Waals surface area contributed by atoms with Crippen LogP contribution in [-0.2, 0) is 4.79 Å². The third-order valence-electron chi connectivity index (χ3n) is 3.63. The summed E-state index contributed by atoms with van der Waals surface area (Å²) in [6.07, 6.45) is 4.21. The van der Waals surface area contributed by atoms with Crippen LogP contribution >= 0.6 is 12.2 Å². The summed E-state index contributed by atoms with van der Waals surface area (Å²) in [5.41, 5.74) is 7.12. The Balaban J connectivity index is 1.83. The topological polar surface area (TPSA) is 58.4 Å². The quantitative estimate of drug-likeness (QED) is 0.725. The highest BCUT2D eigenvalue weighted by atomic mass is 32.1. The third kappa shape index (κ3) is 5.10. The molecule has 0 saturated heterocycles. The number of nitrogens with zero attached hydrogens (tertiary/aromatic N) is 1. The molecule has 0 aromatic heterocycles. The first-order valence-corrected chi connectivity index (χ1v) is 7.94. The van der Waals surface area contributed by atoms with Crippen molar-refractivity contribution in [3.8, 4) is 0 Å². The Kier molecular flexibility index (Phi) is 5.70. The number of carbonyl (C=O) groups excluding carboxylic acids is 1. The molecule has 1 aromatic rings. The lowest BCUT2D eigenvalue weighted by atomic mass is 10.2. The molecule has 5 heteroatoms. The van der Waals surface area contributed by atoms with E-state index < -0.39 is 0 Å². The third-order valence-corrected chi connectivity index (χ3v) is 3.87. The maximum absolute atomic E-state index is 12.0. The van der Waals surface area contributed by atoms with Crippen molar-refractivity contribution in [2.75, 3.05) is 18.4 Å². The predicted molar refractivity (Wildman–Crippen MR) is 90.5 cm³/mol. The molecule has 3 N–H and O–H groups in total. The van der Waals surface area contributed by atoms with Crippen molar-refractivity contribution in [2.45, 2.75) is 38.6 Å². The molecule has 1 aliphatic carbocycles. The second kappa shape index (κ2) is 7.52. The van der Waals surface area contributed by atoms with E-state index in [4.69, 9.17) is 18.0 Å². The number of hydrogen-bond donors (Lipinski definition) is 2. The second-order valence-electron chi connectivity index (χ2n) is 5.51. The van der Waals surface area contributed by atoms with Crippen LogP contribution in [-0.4, -0.2) is 34.9 Å². The van der Waals surface area contributed by atoms with Crippen LogP contribution in [0.3, 0.4) is 0 Å². The highest BCUT2D eigenvalue weighted by Crippen LogP contribution is 2.26. The zero-order valence-electron chi connectivity index (χ0n) is 12.5. The molecule has 21 heavy (non-hydrogen) atoms. The second-order valence-corrected chi connectivity index (χ2v) is 5.95. The van der Waals surface area contributed by atoms with Gasteiger partial charge in [0.2, 0.25) is 5.91 Å². The molecule has 1 fully saturated rings. The highest BCUT2D eigenvalue weighted by molar-refractivity contribution is 7.80. The van der Waals surface area contributed by atoms with E-state index in [9.17, 15) is 4.79 Å². The molecule has 1 aromatic carbocycles. The van der Waals surface area contributed by atoms with Gasteiger partial charge in [0.1, 0.15) is 4.99 Å². The van der Waals surface area contributed by atoms with Gasteiger partial charge in [-0.15, -0.1) is 0 Å². The zero-order chi connectivity index (χ0) is 15.2. The highest BCUT2D eigenvalue weighted by Gasteiger charge is 2.28. The van der Waals surface area contributed by atoms with Gasteiger partial charge < -0.3 is 11.1 Å². The van der Waals surface area contributed by atoms with Gasteiger partial charge in [-0.05, 0) is 37.9 Å². The number of thiocarbonyl (C=S) groups is 1. The van der Waals surface area contributed by atoms with E-state index in [1.165, 1.54) is 12.8 Å². The first-order chi connectivity index (χ1) is 10.1. The Morgan fingerprint density at radius 3 is 2.81 bits per heavy atom. The van der Waals surface area contributed by atoms with Gasteiger partial charge in [-0.3, -0.25) is 9.69 Å². The summed E-state index contributed by atoms with van der Waals surface area (Å²) in [4.78, 5) is 14.8. The van der Waals surface area contributed by atoms with Gasteiger partial charge >= 0.3 is 0 Å². The zero-order valence-corrected chi connectivity index (χ0v) is 13.3. The standard InChI is InChI=1S/C16H23N3OS/c1-2-9-19(14-6-7-14)10-8-15(20)18-13-5-3-4-12(11-13)16(17)21/h3-5,11,14H,2,6-10H2,1H3,(H2,17,21)(H,18,20). The molecule has 0 aliphatic heterocycles. The van der Waals surface area contributed by atoms with Gasteiger partial charge in [-0.1, -0.05) is 31.3 Å². The Morgan fingerprint density at radius 2 is 2.19 bits per heavy atom. The van der Waals surface area contributed by atoms with Crippen LogP contribution in [0.1, 0.15) is 38.2 Å². The smallest absolute Gasteiger partial charge is 0.225 e. The van der Waals surface area contributed by atoms with E-state index in [0.717, 1.165) is 30.8 Å². The number of carbonyl (C=O) groups is 1. The number of amides is 1. The summed E-state index contributed by atoms with van der Waals surface area (Å²) in [6.45, 7) is 4.09. The maximum atomic E-state index is 12.0. The Labute approximate surface area is 131 Å². The Bertz CT molecular complexity index is 514. The molecular weight excluding hydrogens is 282 g/mol. The largest absolute Gasteiger partial charge is 0.389 e. The lowest BCUT2D eigenvalue weighted by Gasteiger charge is -2.20. The SMILES string of the molecule is CCCN(CCC(=O)Nc1cccc(C(N)=S)c1)C1CC1. The average molecular weight is 305 g/mol. The van der Waals surface area contributed by atoms with E-state index in [1.807, 2.05) is 24.3 Å². The fourth-order valence-corrected chi connectivity index (χ4v) is 2.55. The molecular formula is C16H23N3OS. The lowest BCUT2D eigenvalue weighted by molar-refractivity contribution is -0.116. The van der Waals surface area contributed by atoms with Gasteiger partial charge in [0.25, 0.3) is 0 Å². The molecule has 1 saturated carbocycles. The van der Waals surface area contributed by atoms with Crippen LogP contribution in [0, 0.1) is 0 Å². The molecule has 114 valence electrons. The van der Waals surface area contributed by atoms with Gasteiger partial charge in [0.05, 0.1) is 0 Å². The summed E-state index contributed by atoms with van der Waals surface area (Å²) in [7, 11) is 0. The van der Waals surface area contributed by atoms with Crippen LogP contribution in [0.5, 0.6) is 0 Å². The molecule has 0 radical (unpaired) electrons. The minimum absolute atomic E-state index is 0.0387. The van der Waals surface area contributed by atoms with E-state index in [1.54, 1.807) is 0 Å². The monoisotopic (exact) mass is 305 g/mol. The number of nitrogens with one attached hydrogen (secondary N) is 1. The van der Waals surface area contributed by atoms with Crippen LogP contribution in [0.25, 0.3) is 0 Å². The van der Waals surface area contributed by atoms with Crippen molar-refractivity contribution >= 4 is 28.8 Å². The van der Waals surface area contributed by atoms with Crippen molar-refractivity contribution in [1.82, 2.24) is 4.90 Å². The number of hydrogen-bond acceptors (Lipinski definition) is 3. The molecule has 2 rings (SSSR count). The predicted octanol–water partition coefficient (Wildman–Crippen LogP) is 2.52. The van der Waals surface area contributed by atoms with Gasteiger partial charge in [0.15, 0.2) is 0 Å². The minimum atomic E-state index is 0.0387. The number of rotatable bonds is 8. The summed E-state index contributed by atoms with van der Waals surface area (Å²) in [5, 5.41) is 2.91.